The second-order valence-corrected chi connectivity index (χ2v) is 7.39. The number of H-pyrrole nitrogens is 1. The largest absolute Gasteiger partial charge is 0.358 e. The number of benzene rings is 2. The number of carbonyl (C=O) groups excluding carboxylic acids is 2. The molecule has 3 aromatic rings. The standard InChI is InChI=1S/C21H16N2O2/c24-20-17-15-11-6-2-1-5-10(11)9-13(15)19-16(18(17)21(25)23-20)12-7-3-4-8-14(12)22-19/h1-8,13,15,17-18,22H,9H2,(H,23,24,25)/t13-,15+,17+,18-/m0/s1. The number of carbonyl (C=O) groups is 2. The zero-order valence-corrected chi connectivity index (χ0v) is 13.5. The van der Waals surface area contributed by atoms with Gasteiger partial charge in [-0.3, -0.25) is 14.9 Å². The van der Waals surface area contributed by atoms with Gasteiger partial charge in [-0.15, -0.1) is 0 Å². The zero-order chi connectivity index (χ0) is 16.7. The fourth-order valence-electron chi connectivity index (χ4n) is 5.44. The van der Waals surface area contributed by atoms with Gasteiger partial charge in [-0.1, -0.05) is 42.5 Å². The lowest BCUT2D eigenvalue weighted by Gasteiger charge is -2.34. The van der Waals surface area contributed by atoms with E-state index in [-0.39, 0.29) is 35.5 Å². The van der Waals surface area contributed by atoms with Crippen LogP contribution in [0.2, 0.25) is 0 Å². The maximum absolute atomic E-state index is 12.7. The van der Waals surface area contributed by atoms with Crippen molar-refractivity contribution in [2.45, 2.75) is 24.2 Å². The zero-order valence-electron chi connectivity index (χ0n) is 13.5. The summed E-state index contributed by atoms with van der Waals surface area (Å²) in [7, 11) is 0. The molecule has 0 unspecified atom stereocenters. The summed E-state index contributed by atoms with van der Waals surface area (Å²) >= 11 is 0. The predicted molar refractivity (Wildman–Crippen MR) is 93.3 cm³/mol. The fourth-order valence-corrected chi connectivity index (χ4v) is 5.44. The van der Waals surface area contributed by atoms with Gasteiger partial charge in [0.05, 0.1) is 11.8 Å². The molecule has 25 heavy (non-hydrogen) atoms. The molecule has 1 aromatic heterocycles. The first kappa shape index (κ1) is 13.4. The molecule has 4 heteroatoms. The predicted octanol–water partition coefficient (Wildman–Crippen LogP) is 2.96. The number of aromatic nitrogens is 1. The molecule has 2 amide bonds. The summed E-state index contributed by atoms with van der Waals surface area (Å²) in [6, 6.07) is 16.5. The van der Waals surface area contributed by atoms with Crippen molar-refractivity contribution in [3.63, 3.8) is 0 Å². The number of aromatic amines is 1. The van der Waals surface area contributed by atoms with Gasteiger partial charge in [0, 0.05) is 28.4 Å². The van der Waals surface area contributed by atoms with Gasteiger partial charge in [-0.05, 0) is 29.2 Å². The van der Waals surface area contributed by atoms with Gasteiger partial charge in [0.2, 0.25) is 11.8 Å². The lowest BCUT2D eigenvalue weighted by molar-refractivity contribution is -0.126. The van der Waals surface area contributed by atoms with E-state index in [4.69, 9.17) is 0 Å². The van der Waals surface area contributed by atoms with Crippen molar-refractivity contribution in [2.75, 3.05) is 0 Å². The first-order valence-corrected chi connectivity index (χ1v) is 8.77. The van der Waals surface area contributed by atoms with E-state index in [1.165, 1.54) is 11.1 Å². The third-order valence-electron chi connectivity index (χ3n) is 6.32. The Kier molecular flexibility index (Phi) is 2.36. The van der Waals surface area contributed by atoms with Crippen LogP contribution in [0.15, 0.2) is 48.5 Å². The van der Waals surface area contributed by atoms with Crippen molar-refractivity contribution in [2.24, 2.45) is 5.92 Å². The lowest BCUT2D eigenvalue weighted by Crippen LogP contribution is -2.32. The Labute approximate surface area is 144 Å². The van der Waals surface area contributed by atoms with Crippen LogP contribution in [0.5, 0.6) is 0 Å². The Morgan fingerprint density at radius 1 is 0.880 bits per heavy atom. The van der Waals surface area contributed by atoms with Gasteiger partial charge in [-0.25, -0.2) is 0 Å². The Hall–Kier alpha value is -2.88. The Morgan fingerprint density at radius 2 is 1.68 bits per heavy atom. The van der Waals surface area contributed by atoms with E-state index in [0.29, 0.717) is 0 Å². The van der Waals surface area contributed by atoms with Crippen molar-refractivity contribution in [1.82, 2.24) is 10.3 Å². The molecule has 4 atom stereocenters. The molecule has 1 saturated heterocycles. The van der Waals surface area contributed by atoms with Crippen LogP contribution in [0, 0.1) is 5.92 Å². The van der Waals surface area contributed by atoms with Gasteiger partial charge in [0.25, 0.3) is 0 Å². The van der Waals surface area contributed by atoms with Gasteiger partial charge in [-0.2, -0.15) is 0 Å². The molecule has 0 saturated carbocycles. The van der Waals surface area contributed by atoms with Crippen LogP contribution in [0.4, 0.5) is 0 Å². The second-order valence-electron chi connectivity index (χ2n) is 7.39. The Bertz CT molecular complexity index is 1080. The molecule has 2 N–H and O–H groups in total. The molecule has 0 spiro atoms. The smallest absolute Gasteiger partial charge is 0.235 e. The van der Waals surface area contributed by atoms with Crippen LogP contribution < -0.4 is 5.32 Å². The van der Waals surface area contributed by atoms with Crippen molar-refractivity contribution < 1.29 is 9.59 Å². The highest BCUT2D eigenvalue weighted by Crippen LogP contribution is 2.59. The average Bonchev–Trinajstić information content (AvgIpc) is 3.26. The van der Waals surface area contributed by atoms with Crippen LogP contribution in [-0.2, 0) is 16.0 Å². The van der Waals surface area contributed by atoms with Crippen molar-refractivity contribution in [3.05, 3.63) is 70.9 Å². The summed E-state index contributed by atoms with van der Waals surface area (Å²) in [4.78, 5) is 29.0. The molecule has 2 aromatic carbocycles. The maximum atomic E-state index is 12.7. The fraction of sp³-hybridized carbons (Fsp3) is 0.238. The minimum atomic E-state index is -0.383. The first-order chi connectivity index (χ1) is 12.2. The Balaban J connectivity index is 1.69. The van der Waals surface area contributed by atoms with Crippen LogP contribution in [0.3, 0.4) is 0 Å². The van der Waals surface area contributed by atoms with Gasteiger partial charge in [0.15, 0.2) is 0 Å². The molecule has 2 aliphatic carbocycles. The van der Waals surface area contributed by atoms with Gasteiger partial charge < -0.3 is 4.98 Å². The molecule has 1 fully saturated rings. The van der Waals surface area contributed by atoms with Crippen molar-refractivity contribution >= 4 is 22.7 Å². The van der Waals surface area contributed by atoms with Gasteiger partial charge >= 0.3 is 0 Å². The highest BCUT2D eigenvalue weighted by atomic mass is 16.2. The van der Waals surface area contributed by atoms with Crippen LogP contribution >= 0.6 is 0 Å². The summed E-state index contributed by atoms with van der Waals surface area (Å²) < 4.78 is 0. The van der Waals surface area contributed by atoms with Crippen LogP contribution in [0.1, 0.15) is 40.1 Å². The van der Waals surface area contributed by atoms with Crippen molar-refractivity contribution in [3.8, 4) is 0 Å². The maximum Gasteiger partial charge on any atom is 0.235 e. The molecule has 1 aliphatic heterocycles. The normalized spacial score (nSPS) is 29.1. The SMILES string of the molecule is O=C1NC(=O)[C@H]2c3c([nH]c4ccccc34)[C@H]3Cc4ccccc4[C@H]3[C@@H]12. The number of hydrogen-bond acceptors (Lipinski definition) is 2. The Morgan fingerprint density at radius 3 is 2.60 bits per heavy atom. The summed E-state index contributed by atoms with van der Waals surface area (Å²) in [5.41, 5.74) is 5.77. The van der Waals surface area contributed by atoms with E-state index < -0.39 is 0 Å². The molecule has 2 heterocycles. The minimum absolute atomic E-state index is 0.0770. The number of amides is 2. The highest BCUT2D eigenvalue weighted by Gasteiger charge is 2.57. The molecular weight excluding hydrogens is 312 g/mol. The number of hydrogen-bond donors (Lipinski definition) is 2. The monoisotopic (exact) mass is 328 g/mol. The molecular formula is C21H16N2O2. The number of rotatable bonds is 0. The molecule has 0 radical (unpaired) electrons. The highest BCUT2D eigenvalue weighted by molar-refractivity contribution is 6.10. The first-order valence-electron chi connectivity index (χ1n) is 8.77. The summed E-state index contributed by atoms with van der Waals surface area (Å²) in [5.74, 6) is -0.633. The third kappa shape index (κ3) is 1.53. The van der Waals surface area contributed by atoms with Crippen LogP contribution in [0.25, 0.3) is 10.9 Å². The lowest BCUT2D eigenvalue weighted by atomic mass is 9.66. The summed E-state index contributed by atoms with van der Waals surface area (Å²) in [5, 5.41) is 3.68. The third-order valence-corrected chi connectivity index (χ3v) is 6.32. The second kappa shape index (κ2) is 4.39. The summed E-state index contributed by atoms with van der Waals surface area (Å²) in [6.45, 7) is 0. The van der Waals surface area contributed by atoms with Crippen molar-refractivity contribution in [1.29, 1.82) is 0 Å². The average molecular weight is 328 g/mol. The molecule has 4 nitrogen and oxygen atoms in total. The number of para-hydroxylation sites is 1. The number of fused-ring (bicyclic) bond motifs is 10. The van der Waals surface area contributed by atoms with E-state index >= 15 is 0 Å². The van der Waals surface area contributed by atoms with E-state index in [1.807, 2.05) is 18.2 Å². The van der Waals surface area contributed by atoms with E-state index in [1.54, 1.807) is 0 Å². The minimum Gasteiger partial charge on any atom is -0.358 e. The molecule has 6 rings (SSSR count). The quantitative estimate of drug-likeness (QED) is 0.623. The van der Waals surface area contributed by atoms with Gasteiger partial charge in [0.1, 0.15) is 0 Å². The van der Waals surface area contributed by atoms with E-state index in [0.717, 1.165) is 28.6 Å². The van der Waals surface area contributed by atoms with Crippen LogP contribution in [-0.4, -0.2) is 16.8 Å². The topological polar surface area (TPSA) is 62.0 Å². The van der Waals surface area contributed by atoms with E-state index in [9.17, 15) is 9.59 Å². The summed E-state index contributed by atoms with van der Waals surface area (Å²) in [6.07, 6.45) is 0.922. The molecule has 0 bridgehead atoms. The molecule has 122 valence electrons. The number of imide groups is 1. The van der Waals surface area contributed by atoms with E-state index in [2.05, 4.69) is 40.6 Å². The molecule has 3 aliphatic rings. The number of nitrogens with one attached hydrogen (secondary N) is 2.